The van der Waals surface area contributed by atoms with Gasteiger partial charge in [0, 0.05) is 33.0 Å². The monoisotopic (exact) mass is 294 g/mol. The van der Waals surface area contributed by atoms with E-state index in [1.165, 1.54) is 18.4 Å². The van der Waals surface area contributed by atoms with Crippen LogP contribution in [0, 0.1) is 0 Å². The van der Waals surface area contributed by atoms with Gasteiger partial charge in [0.15, 0.2) is 5.65 Å². The molecule has 0 spiro atoms. The zero-order valence-corrected chi connectivity index (χ0v) is 12.4. The molecule has 2 N–H and O–H groups in total. The standard InChI is InChI=1S/C13H18N4O2S/c1-16(2)20(18,19)12-5-10(9-3-4-9)7-17-8-11(6-14)15-13(12)17/h5,7-9H,3-4,6,14H2,1-2H3. The number of hydrogen-bond donors (Lipinski definition) is 1. The second-order valence-electron chi connectivity index (χ2n) is 5.37. The van der Waals surface area contributed by atoms with Crippen molar-refractivity contribution < 1.29 is 8.42 Å². The fourth-order valence-electron chi connectivity index (χ4n) is 2.26. The molecule has 2 aromatic rings. The molecular formula is C13H18N4O2S. The van der Waals surface area contributed by atoms with Gasteiger partial charge in [-0.05, 0) is 30.4 Å². The summed E-state index contributed by atoms with van der Waals surface area (Å²) in [6.45, 7) is 0.294. The molecule has 20 heavy (non-hydrogen) atoms. The quantitative estimate of drug-likeness (QED) is 0.909. The molecule has 0 bridgehead atoms. The van der Waals surface area contributed by atoms with E-state index in [9.17, 15) is 8.42 Å². The van der Waals surface area contributed by atoms with Gasteiger partial charge in [-0.2, -0.15) is 0 Å². The first-order valence-electron chi connectivity index (χ1n) is 6.57. The highest BCUT2D eigenvalue weighted by Crippen LogP contribution is 2.41. The lowest BCUT2D eigenvalue weighted by Crippen LogP contribution is -2.23. The molecule has 1 saturated carbocycles. The van der Waals surface area contributed by atoms with Crippen LogP contribution in [0.5, 0.6) is 0 Å². The average molecular weight is 294 g/mol. The van der Waals surface area contributed by atoms with Crippen LogP contribution in [0.15, 0.2) is 23.4 Å². The summed E-state index contributed by atoms with van der Waals surface area (Å²) < 4.78 is 28.0. The number of rotatable bonds is 4. The van der Waals surface area contributed by atoms with Crippen molar-refractivity contribution in [2.45, 2.75) is 30.2 Å². The highest BCUT2D eigenvalue weighted by atomic mass is 32.2. The van der Waals surface area contributed by atoms with E-state index >= 15 is 0 Å². The van der Waals surface area contributed by atoms with Gasteiger partial charge in [0.25, 0.3) is 0 Å². The Balaban J connectivity index is 2.29. The lowest BCUT2D eigenvalue weighted by molar-refractivity contribution is 0.521. The molecule has 0 unspecified atom stereocenters. The molecule has 3 rings (SSSR count). The molecule has 108 valence electrons. The first kappa shape index (κ1) is 13.5. The van der Waals surface area contributed by atoms with E-state index in [-0.39, 0.29) is 4.90 Å². The van der Waals surface area contributed by atoms with Gasteiger partial charge < -0.3 is 10.1 Å². The maximum absolute atomic E-state index is 12.5. The van der Waals surface area contributed by atoms with Crippen LogP contribution in [0.1, 0.15) is 30.0 Å². The van der Waals surface area contributed by atoms with Crippen LogP contribution in [0.2, 0.25) is 0 Å². The predicted octanol–water partition coefficient (Wildman–Crippen LogP) is 0.921. The van der Waals surface area contributed by atoms with Crippen LogP contribution in [0.25, 0.3) is 5.65 Å². The lowest BCUT2D eigenvalue weighted by Gasteiger charge is -2.13. The molecule has 1 aliphatic carbocycles. The van der Waals surface area contributed by atoms with Crippen LogP contribution in [-0.2, 0) is 16.6 Å². The van der Waals surface area contributed by atoms with E-state index < -0.39 is 10.0 Å². The summed E-state index contributed by atoms with van der Waals surface area (Å²) in [6, 6.07) is 1.76. The van der Waals surface area contributed by atoms with E-state index in [2.05, 4.69) is 4.98 Å². The Morgan fingerprint density at radius 2 is 2.10 bits per heavy atom. The SMILES string of the molecule is CN(C)S(=O)(=O)c1cc(C2CC2)cn2cc(CN)nc12. The molecule has 1 aliphatic rings. The van der Waals surface area contributed by atoms with Crippen molar-refractivity contribution in [1.29, 1.82) is 0 Å². The van der Waals surface area contributed by atoms with Gasteiger partial charge in [0.05, 0.1) is 5.69 Å². The van der Waals surface area contributed by atoms with E-state index in [0.29, 0.717) is 23.8 Å². The summed E-state index contributed by atoms with van der Waals surface area (Å²) in [5, 5.41) is 0. The third-order valence-electron chi connectivity index (χ3n) is 3.61. The summed E-state index contributed by atoms with van der Waals surface area (Å²) in [4.78, 5) is 4.59. The van der Waals surface area contributed by atoms with Crippen LogP contribution < -0.4 is 5.73 Å². The molecule has 0 atom stereocenters. The zero-order chi connectivity index (χ0) is 14.5. The lowest BCUT2D eigenvalue weighted by atomic mass is 10.2. The maximum Gasteiger partial charge on any atom is 0.246 e. The van der Waals surface area contributed by atoms with Crippen molar-refractivity contribution in [3.8, 4) is 0 Å². The molecule has 2 heterocycles. The smallest absolute Gasteiger partial charge is 0.246 e. The van der Waals surface area contributed by atoms with Gasteiger partial charge in [-0.3, -0.25) is 0 Å². The summed E-state index contributed by atoms with van der Waals surface area (Å²) in [5.41, 5.74) is 7.80. The minimum atomic E-state index is -3.52. The first-order valence-corrected chi connectivity index (χ1v) is 8.01. The second-order valence-corrected chi connectivity index (χ2v) is 7.49. The van der Waals surface area contributed by atoms with Crippen LogP contribution in [-0.4, -0.2) is 36.2 Å². The number of sulfonamides is 1. The Morgan fingerprint density at radius 1 is 1.40 bits per heavy atom. The van der Waals surface area contributed by atoms with Crippen molar-refractivity contribution in [2.24, 2.45) is 5.73 Å². The largest absolute Gasteiger partial charge is 0.325 e. The number of hydrogen-bond acceptors (Lipinski definition) is 4. The molecule has 0 saturated heterocycles. The fourth-order valence-corrected chi connectivity index (χ4v) is 3.32. The summed E-state index contributed by atoms with van der Waals surface area (Å²) in [7, 11) is -0.457. The average Bonchev–Trinajstić information content (AvgIpc) is 3.16. The van der Waals surface area contributed by atoms with Gasteiger partial charge in [-0.15, -0.1) is 0 Å². The van der Waals surface area contributed by atoms with Crippen molar-refractivity contribution in [1.82, 2.24) is 13.7 Å². The second kappa shape index (κ2) is 4.54. The van der Waals surface area contributed by atoms with E-state index in [4.69, 9.17) is 5.73 Å². The Labute approximate surface area is 118 Å². The molecule has 0 amide bonds. The minimum Gasteiger partial charge on any atom is -0.325 e. The number of fused-ring (bicyclic) bond motifs is 1. The topological polar surface area (TPSA) is 80.7 Å². The number of aromatic nitrogens is 2. The molecule has 0 aromatic carbocycles. The van der Waals surface area contributed by atoms with Crippen molar-refractivity contribution >= 4 is 15.7 Å². The highest BCUT2D eigenvalue weighted by Gasteiger charge is 2.29. The fraction of sp³-hybridized carbons (Fsp3) is 0.462. The molecule has 1 fully saturated rings. The van der Waals surface area contributed by atoms with Crippen LogP contribution >= 0.6 is 0 Å². The Morgan fingerprint density at radius 3 is 2.65 bits per heavy atom. The Hall–Kier alpha value is -1.44. The zero-order valence-electron chi connectivity index (χ0n) is 11.6. The van der Waals surface area contributed by atoms with Crippen molar-refractivity contribution in [3.63, 3.8) is 0 Å². The number of nitrogens with zero attached hydrogens (tertiary/aromatic N) is 3. The molecule has 7 heteroatoms. The van der Waals surface area contributed by atoms with Gasteiger partial charge in [0.2, 0.25) is 10.0 Å². The van der Waals surface area contributed by atoms with Gasteiger partial charge in [-0.1, -0.05) is 0 Å². The predicted molar refractivity (Wildman–Crippen MR) is 75.9 cm³/mol. The molecule has 2 aromatic heterocycles. The van der Waals surface area contributed by atoms with E-state index in [1.54, 1.807) is 16.7 Å². The van der Waals surface area contributed by atoms with Crippen molar-refractivity contribution in [2.75, 3.05) is 14.1 Å². The molecular weight excluding hydrogens is 276 g/mol. The third-order valence-corrected chi connectivity index (χ3v) is 5.42. The summed E-state index contributed by atoms with van der Waals surface area (Å²) >= 11 is 0. The number of nitrogens with two attached hydrogens (primary N) is 1. The Kier molecular flexibility index (Phi) is 3.07. The summed E-state index contributed by atoms with van der Waals surface area (Å²) in [6.07, 6.45) is 6.00. The van der Waals surface area contributed by atoms with Crippen LogP contribution in [0.3, 0.4) is 0 Å². The maximum atomic E-state index is 12.5. The van der Waals surface area contributed by atoms with E-state index in [1.807, 2.05) is 6.20 Å². The number of pyridine rings is 1. The van der Waals surface area contributed by atoms with E-state index in [0.717, 1.165) is 18.4 Å². The van der Waals surface area contributed by atoms with Gasteiger partial charge in [0.1, 0.15) is 4.90 Å². The summed E-state index contributed by atoms with van der Waals surface area (Å²) in [5.74, 6) is 0.472. The van der Waals surface area contributed by atoms with Crippen LogP contribution in [0.4, 0.5) is 0 Å². The third kappa shape index (κ3) is 2.11. The molecule has 6 nitrogen and oxygen atoms in total. The minimum absolute atomic E-state index is 0.256. The first-order chi connectivity index (χ1) is 9.43. The Bertz CT molecular complexity index is 760. The van der Waals surface area contributed by atoms with Crippen molar-refractivity contribution in [3.05, 3.63) is 29.7 Å². The molecule has 0 aliphatic heterocycles. The normalized spacial score (nSPS) is 16.2. The molecule has 0 radical (unpaired) electrons. The van der Waals surface area contributed by atoms with Gasteiger partial charge in [-0.25, -0.2) is 17.7 Å². The highest BCUT2D eigenvalue weighted by molar-refractivity contribution is 7.89. The van der Waals surface area contributed by atoms with Gasteiger partial charge >= 0.3 is 0 Å². The number of imidazole rings is 1.